The third-order valence-electron chi connectivity index (χ3n) is 7.58. The molecule has 0 aliphatic carbocycles. The Labute approximate surface area is 294 Å². The molecule has 1 amide bonds. The molecule has 0 saturated carbocycles. The van der Waals surface area contributed by atoms with Crippen LogP contribution >= 0.6 is 27.1 Å². The van der Waals surface area contributed by atoms with Crippen LogP contribution in [-0.4, -0.2) is 25.0 Å². The molecule has 0 saturated heterocycles. The fourth-order valence-electron chi connectivity index (χ4n) is 5.17. The van der Waals surface area contributed by atoms with Gasteiger partial charge in [-0.15, -0.1) is 12.1 Å². The van der Waals surface area contributed by atoms with E-state index in [0.717, 1.165) is 35.4 Å². The number of halogens is 1. The number of benzene rings is 3. The maximum absolute atomic E-state index is 12.6. The molecule has 2 atom stereocenters. The van der Waals surface area contributed by atoms with Crippen LogP contribution < -0.4 is 25.0 Å². The van der Waals surface area contributed by atoms with Crippen molar-refractivity contribution in [1.82, 2.24) is 5.32 Å². The standard InChI is InChI=1S/C36H48NO5P2.ClH.Pd/c1-3-4-5-6-7-8-9-10-17-25-35(38)37-34(36(39)40-2)24-18-19-29-26-30(41-43)28-31(27-29)42-44(32-20-13-11-14-21-32)33-22-15-12-16-23-33;;/h11-16,20-23,26-27,34H,3-10,17-19,24-25,43H2,1-2H3,(H,37,38);1H;/q-1;;+2/t34-;;/m0../s1. The summed E-state index contributed by atoms with van der Waals surface area (Å²) in [7, 11) is 6.55. The van der Waals surface area contributed by atoms with E-state index >= 15 is 0 Å². The summed E-state index contributed by atoms with van der Waals surface area (Å²) >= 11 is 2.22. The number of esters is 1. The Balaban J connectivity index is 0.00000361. The number of ether oxygens (including phenoxy) is 1. The molecule has 0 bridgehead atoms. The normalized spacial score (nSPS) is 11.3. The molecule has 3 rings (SSSR count). The summed E-state index contributed by atoms with van der Waals surface area (Å²) in [5.74, 6) is 0.662. The molecular weight excluding hydrogens is 730 g/mol. The van der Waals surface area contributed by atoms with Crippen LogP contribution in [-0.2, 0) is 38.9 Å². The van der Waals surface area contributed by atoms with Gasteiger partial charge in [0.2, 0.25) is 14.1 Å². The minimum atomic E-state index is -1.57. The number of aryl methyl sites for hydroxylation is 1. The maximum atomic E-state index is 12.6. The molecule has 1 N–H and O–H groups in total. The van der Waals surface area contributed by atoms with Gasteiger partial charge in [0.15, 0.2) is 0 Å². The first-order chi connectivity index (χ1) is 22.5. The van der Waals surface area contributed by atoms with Gasteiger partial charge in [-0.1, -0.05) is 107 Å². The van der Waals surface area contributed by atoms with Crippen LogP contribution in [0.1, 0.15) is 89.5 Å². The van der Waals surface area contributed by atoms with E-state index in [-0.39, 0.29) is 5.91 Å². The number of rotatable bonds is 21. The predicted octanol–water partition coefficient (Wildman–Crippen LogP) is 8.40. The molecule has 6 nitrogen and oxygen atoms in total. The summed E-state index contributed by atoms with van der Waals surface area (Å²) in [5.41, 5.74) is 1.00. The molecule has 0 fully saturated rings. The first kappa shape index (κ1) is 40.2. The number of carbonyl (C=O) groups excluding carboxylic acids is 2. The number of methoxy groups -OCH3 is 1. The SMILES string of the molecule is CCCCCCCCCCCC(=O)N[C@@H](CCCc1cc(OP)[c-]c(O[PH+](c2ccccc2)c2ccccc2)c1)C(=O)OC.[Cl][Pd+]. The van der Waals surface area contributed by atoms with E-state index in [4.69, 9.17) is 13.8 Å². The van der Waals surface area contributed by atoms with Crippen molar-refractivity contribution in [1.29, 1.82) is 0 Å². The van der Waals surface area contributed by atoms with Gasteiger partial charge in [-0.25, -0.2) is 4.79 Å². The van der Waals surface area contributed by atoms with Gasteiger partial charge in [0.25, 0.3) is 0 Å². The molecule has 0 heterocycles. The van der Waals surface area contributed by atoms with Gasteiger partial charge < -0.3 is 19.1 Å². The Morgan fingerprint density at radius 2 is 1.39 bits per heavy atom. The molecule has 0 aliphatic rings. The van der Waals surface area contributed by atoms with Crippen molar-refractivity contribution in [3.8, 4) is 11.5 Å². The van der Waals surface area contributed by atoms with Crippen LogP contribution in [0.15, 0.2) is 72.8 Å². The van der Waals surface area contributed by atoms with E-state index in [9.17, 15) is 9.59 Å². The summed E-state index contributed by atoms with van der Waals surface area (Å²) in [6.45, 7) is 2.23. The van der Waals surface area contributed by atoms with Crippen LogP contribution in [0.4, 0.5) is 0 Å². The van der Waals surface area contributed by atoms with Crippen molar-refractivity contribution in [2.24, 2.45) is 0 Å². The quantitative estimate of drug-likeness (QED) is 0.0387. The first-order valence-electron chi connectivity index (χ1n) is 16.1. The number of carbonyl (C=O) groups is 2. The van der Waals surface area contributed by atoms with Crippen molar-refractivity contribution in [3.05, 3.63) is 84.4 Å². The van der Waals surface area contributed by atoms with Crippen molar-refractivity contribution in [2.75, 3.05) is 7.11 Å². The van der Waals surface area contributed by atoms with Crippen LogP contribution in [0.25, 0.3) is 0 Å². The third kappa shape index (κ3) is 15.7. The Kier molecular flexibility index (Phi) is 21.9. The molecule has 0 aromatic heterocycles. The van der Waals surface area contributed by atoms with Gasteiger partial charge >= 0.3 is 33.7 Å². The minimum absolute atomic E-state index is 0.0939. The Morgan fingerprint density at radius 3 is 1.93 bits per heavy atom. The fourth-order valence-corrected chi connectivity index (χ4v) is 7.19. The molecule has 10 heteroatoms. The van der Waals surface area contributed by atoms with E-state index in [2.05, 4.69) is 79.7 Å². The zero-order chi connectivity index (χ0) is 33.4. The second-order valence-corrected chi connectivity index (χ2v) is 13.4. The molecule has 254 valence electrons. The monoisotopic (exact) mass is 778 g/mol. The van der Waals surface area contributed by atoms with E-state index in [1.54, 1.807) is 0 Å². The van der Waals surface area contributed by atoms with E-state index in [0.29, 0.717) is 37.2 Å². The summed E-state index contributed by atoms with van der Waals surface area (Å²) in [4.78, 5) is 25.1. The molecule has 1 unspecified atom stereocenters. The summed E-state index contributed by atoms with van der Waals surface area (Å²) in [5, 5.41) is 5.18. The molecular formula is C36H49ClNO5P2Pd+. The average molecular weight is 780 g/mol. The van der Waals surface area contributed by atoms with Crippen LogP contribution in [0, 0.1) is 6.07 Å². The fraction of sp³-hybridized carbons (Fsp3) is 0.444. The summed E-state index contributed by atoms with van der Waals surface area (Å²) < 4.78 is 17.1. The zero-order valence-corrected chi connectivity index (χ0v) is 31.5. The predicted molar refractivity (Wildman–Crippen MR) is 191 cm³/mol. The van der Waals surface area contributed by atoms with Gasteiger partial charge in [0, 0.05) is 12.2 Å². The van der Waals surface area contributed by atoms with Gasteiger partial charge in [0.1, 0.15) is 16.7 Å². The van der Waals surface area contributed by atoms with Gasteiger partial charge in [-0.05, 0) is 43.5 Å². The average Bonchev–Trinajstić information content (AvgIpc) is 3.10. The number of amides is 1. The Bertz CT molecular complexity index is 1220. The summed E-state index contributed by atoms with van der Waals surface area (Å²) in [6, 6.07) is 26.9. The zero-order valence-electron chi connectivity index (χ0n) is 27.0. The van der Waals surface area contributed by atoms with Crippen molar-refractivity contribution < 1.29 is 41.6 Å². The second-order valence-electron chi connectivity index (χ2n) is 11.1. The number of hydrogen-bond donors (Lipinski definition) is 1. The van der Waals surface area contributed by atoms with Crippen LogP contribution in [0.3, 0.4) is 0 Å². The van der Waals surface area contributed by atoms with Gasteiger partial charge in [-0.3, -0.25) is 4.79 Å². The van der Waals surface area contributed by atoms with E-state index in [1.807, 2.05) is 48.5 Å². The van der Waals surface area contributed by atoms with Crippen LogP contribution in [0.5, 0.6) is 11.5 Å². The molecule has 3 aromatic rings. The Hall–Kier alpha value is -1.99. The van der Waals surface area contributed by atoms with E-state index in [1.165, 1.54) is 45.6 Å². The Morgan fingerprint density at radius 1 is 0.848 bits per heavy atom. The number of unbranched alkanes of at least 4 members (excludes halogenated alkanes) is 8. The molecule has 0 spiro atoms. The number of hydrogen-bond acceptors (Lipinski definition) is 5. The molecule has 0 radical (unpaired) electrons. The van der Waals surface area contributed by atoms with E-state index < -0.39 is 20.2 Å². The molecule has 0 aliphatic heterocycles. The number of nitrogens with one attached hydrogen (secondary N) is 1. The van der Waals surface area contributed by atoms with Crippen molar-refractivity contribution >= 4 is 49.6 Å². The topological polar surface area (TPSA) is 73.9 Å². The summed E-state index contributed by atoms with van der Waals surface area (Å²) in [6.07, 6.45) is 13.0. The van der Waals surface area contributed by atoms with Gasteiger partial charge in [-0.2, -0.15) is 5.56 Å². The van der Waals surface area contributed by atoms with Gasteiger partial charge in [0.05, 0.1) is 22.3 Å². The third-order valence-corrected chi connectivity index (χ3v) is 9.97. The first-order valence-corrected chi connectivity index (χ1v) is 20.0. The molecule has 46 heavy (non-hydrogen) atoms. The van der Waals surface area contributed by atoms with Crippen LogP contribution in [0.2, 0.25) is 0 Å². The second kappa shape index (κ2) is 25.1. The van der Waals surface area contributed by atoms with Crippen molar-refractivity contribution in [2.45, 2.75) is 96.4 Å². The van der Waals surface area contributed by atoms with Crippen molar-refractivity contribution in [3.63, 3.8) is 0 Å². The molecule has 3 aromatic carbocycles.